The largest absolute Gasteiger partial charge is 0.392 e. The van der Waals surface area contributed by atoms with Crippen LogP contribution in [0.1, 0.15) is 25.5 Å². The van der Waals surface area contributed by atoms with Gasteiger partial charge in [0.05, 0.1) is 17.8 Å². The summed E-state index contributed by atoms with van der Waals surface area (Å²) in [4.78, 5) is 16.5. The molecule has 5 rings (SSSR count). The van der Waals surface area contributed by atoms with E-state index in [2.05, 4.69) is 56.3 Å². The quantitative estimate of drug-likeness (QED) is 0.414. The molecular weight excluding hydrogens is 395 g/mol. The Hall–Kier alpha value is -3.88. The maximum atomic E-state index is 13.7. The van der Waals surface area contributed by atoms with Gasteiger partial charge in [-0.1, -0.05) is 23.2 Å². The smallest absolute Gasteiger partial charge is 0.361 e. The fourth-order valence-electron chi connectivity index (χ4n) is 3.63. The fourth-order valence-corrected chi connectivity index (χ4v) is 3.63. The number of benzene rings is 1. The molecule has 0 aliphatic carbocycles. The van der Waals surface area contributed by atoms with E-state index in [4.69, 9.17) is 0 Å². The van der Waals surface area contributed by atoms with Crippen LogP contribution in [0.5, 0.6) is 0 Å². The first-order valence-electron chi connectivity index (χ1n) is 10.2. The lowest BCUT2D eigenvalue weighted by Crippen LogP contribution is -2.36. The number of fused-ring (bicyclic) bond motifs is 2. The van der Waals surface area contributed by atoms with Gasteiger partial charge in [-0.2, -0.15) is 4.98 Å². The molecule has 4 heterocycles. The van der Waals surface area contributed by atoms with Gasteiger partial charge >= 0.3 is 5.78 Å². The highest BCUT2D eigenvalue weighted by Gasteiger charge is 2.22. The van der Waals surface area contributed by atoms with Crippen LogP contribution in [0.4, 0.5) is 10.3 Å². The normalized spacial score (nSPS) is 11.6. The second-order valence-electron chi connectivity index (χ2n) is 7.64. The molecule has 0 fully saturated rings. The van der Waals surface area contributed by atoms with Gasteiger partial charge < -0.3 is 10.3 Å². The number of hydrogen-bond donors (Lipinski definition) is 2. The molecule has 2 N–H and O–H groups in total. The molecule has 5 aromatic rings. The maximum Gasteiger partial charge on any atom is 0.392 e. The molecule has 0 unspecified atom stereocenters. The number of nitrogens with zero attached hydrogens (tertiary/aromatic N) is 6. The lowest BCUT2D eigenvalue weighted by atomic mass is 10.1. The molecule has 4 aromatic heterocycles. The summed E-state index contributed by atoms with van der Waals surface area (Å²) in [5.74, 6) is 1.13. The lowest BCUT2D eigenvalue weighted by Gasteiger charge is -2.06. The number of rotatable bonds is 6. The van der Waals surface area contributed by atoms with Crippen molar-refractivity contribution in [3.05, 3.63) is 66.6 Å². The molecule has 0 saturated heterocycles. The first-order chi connectivity index (χ1) is 15.1. The third-order valence-corrected chi connectivity index (χ3v) is 5.20. The first kappa shape index (κ1) is 19.1. The number of H-pyrrole nitrogens is 1. The molecule has 0 aliphatic heterocycles. The van der Waals surface area contributed by atoms with Crippen molar-refractivity contribution in [3.8, 4) is 11.4 Å². The van der Waals surface area contributed by atoms with Crippen molar-refractivity contribution in [3.63, 3.8) is 0 Å². The Bertz CT molecular complexity index is 1370. The molecule has 0 bridgehead atoms. The van der Waals surface area contributed by atoms with Crippen molar-refractivity contribution < 1.29 is 8.96 Å². The van der Waals surface area contributed by atoms with Crippen molar-refractivity contribution in [1.82, 2.24) is 29.5 Å². The predicted molar refractivity (Wildman–Crippen MR) is 115 cm³/mol. The van der Waals surface area contributed by atoms with Crippen molar-refractivity contribution in [1.29, 1.82) is 0 Å². The van der Waals surface area contributed by atoms with Crippen molar-refractivity contribution >= 4 is 22.6 Å². The third-order valence-electron chi connectivity index (χ3n) is 5.20. The van der Waals surface area contributed by atoms with E-state index < -0.39 is 5.82 Å². The number of aromatic amines is 1. The summed E-state index contributed by atoms with van der Waals surface area (Å²) in [6.45, 7) is 4.75. The van der Waals surface area contributed by atoms with Gasteiger partial charge in [0.25, 0.3) is 5.95 Å². The molecule has 9 heteroatoms. The highest BCUT2D eigenvalue weighted by atomic mass is 19.1. The first-order valence-corrected chi connectivity index (χ1v) is 10.2. The number of anilines is 1. The molecule has 156 valence electrons. The summed E-state index contributed by atoms with van der Waals surface area (Å²) in [6.07, 6.45) is 7.29. The Labute approximate surface area is 177 Å². The van der Waals surface area contributed by atoms with Crippen molar-refractivity contribution in [2.24, 2.45) is 0 Å². The fraction of sp³-hybridized carbons (Fsp3) is 0.227. The second kappa shape index (κ2) is 7.75. The predicted octanol–water partition coefficient (Wildman–Crippen LogP) is 3.33. The molecule has 0 aliphatic rings. The zero-order valence-electron chi connectivity index (χ0n) is 17.2. The Morgan fingerprint density at radius 3 is 2.90 bits per heavy atom. The number of halogens is 1. The van der Waals surface area contributed by atoms with Crippen LogP contribution >= 0.6 is 0 Å². The number of aromatic nitrogens is 7. The minimum Gasteiger partial charge on any atom is -0.361 e. The van der Waals surface area contributed by atoms with Crippen LogP contribution in [0.15, 0.2) is 55.2 Å². The van der Waals surface area contributed by atoms with Crippen LogP contribution in [0.3, 0.4) is 0 Å². The van der Waals surface area contributed by atoms with Gasteiger partial charge in [-0.15, -0.1) is 0 Å². The van der Waals surface area contributed by atoms with E-state index in [1.165, 1.54) is 17.0 Å². The average molecular weight is 417 g/mol. The number of nitrogens with one attached hydrogen (secondary N) is 2. The summed E-state index contributed by atoms with van der Waals surface area (Å²) in [5.41, 5.74) is 2.85. The van der Waals surface area contributed by atoms with Gasteiger partial charge in [0.15, 0.2) is 0 Å². The van der Waals surface area contributed by atoms with Crippen LogP contribution < -0.4 is 9.88 Å². The molecule has 0 atom stereocenters. The Kier molecular flexibility index (Phi) is 4.78. The van der Waals surface area contributed by atoms with Crippen LogP contribution in [0.25, 0.3) is 28.1 Å². The summed E-state index contributed by atoms with van der Waals surface area (Å²) in [5, 5.41) is 9.04. The van der Waals surface area contributed by atoms with Crippen LogP contribution in [-0.2, 0) is 6.42 Å². The molecular formula is C22H22FN8+. The topological polar surface area (TPSA) is 87.7 Å². The van der Waals surface area contributed by atoms with Crippen molar-refractivity contribution in [2.75, 3.05) is 11.9 Å². The highest BCUT2D eigenvalue weighted by Crippen LogP contribution is 2.20. The lowest BCUT2D eigenvalue weighted by molar-refractivity contribution is -0.694. The maximum absolute atomic E-state index is 13.7. The minimum atomic E-state index is -0.430. The van der Waals surface area contributed by atoms with E-state index in [1.807, 2.05) is 22.9 Å². The van der Waals surface area contributed by atoms with Crippen molar-refractivity contribution in [2.45, 2.75) is 26.3 Å². The molecule has 0 radical (unpaired) electrons. The summed E-state index contributed by atoms with van der Waals surface area (Å²) in [7, 11) is 0. The summed E-state index contributed by atoms with van der Waals surface area (Å²) in [6, 6.07) is 9.76. The highest BCUT2D eigenvalue weighted by molar-refractivity contribution is 5.83. The SMILES string of the molecule is CC(C)[n+]1cnn2c(NCCc3c[nH]c4ccccc34)nc(-c3cncc(F)c3)nc21. The molecule has 1 aromatic carbocycles. The van der Waals surface area contributed by atoms with E-state index in [-0.39, 0.29) is 6.04 Å². The van der Waals surface area contributed by atoms with Gasteiger partial charge in [0, 0.05) is 29.8 Å². The van der Waals surface area contributed by atoms with Crippen LogP contribution in [0, 0.1) is 5.82 Å². The zero-order valence-corrected chi connectivity index (χ0v) is 17.2. The van der Waals surface area contributed by atoms with Gasteiger partial charge in [-0.05, 0) is 47.6 Å². The third kappa shape index (κ3) is 3.58. The summed E-state index contributed by atoms with van der Waals surface area (Å²) >= 11 is 0. The molecule has 0 spiro atoms. The van der Waals surface area contributed by atoms with Gasteiger partial charge in [0.1, 0.15) is 5.82 Å². The van der Waals surface area contributed by atoms with E-state index in [9.17, 15) is 4.39 Å². The standard InChI is InChI=1S/C22H21FN8/c1-14(2)30-13-27-31-21(25-8-7-15-11-26-19-6-4-3-5-18(15)19)28-20(29-22(30)31)16-9-17(23)12-24-10-16/h3-6,9-14,26H,7-8H2,1-2H3/p+1. The Morgan fingerprint density at radius 1 is 1.19 bits per heavy atom. The Morgan fingerprint density at radius 2 is 2.06 bits per heavy atom. The van der Waals surface area contributed by atoms with Crippen LogP contribution in [0.2, 0.25) is 0 Å². The molecule has 0 saturated carbocycles. The van der Waals surface area contributed by atoms with Gasteiger partial charge in [-0.25, -0.2) is 8.96 Å². The van der Waals surface area contributed by atoms with E-state index >= 15 is 0 Å². The monoisotopic (exact) mass is 417 g/mol. The van der Waals surface area contributed by atoms with E-state index in [0.717, 1.165) is 18.1 Å². The van der Waals surface area contributed by atoms with E-state index in [0.29, 0.717) is 29.7 Å². The van der Waals surface area contributed by atoms with E-state index in [1.54, 1.807) is 17.0 Å². The zero-order chi connectivity index (χ0) is 21.4. The minimum absolute atomic E-state index is 0.157. The molecule has 0 amide bonds. The number of pyridine rings is 1. The summed E-state index contributed by atoms with van der Waals surface area (Å²) < 4.78 is 17.4. The molecule has 8 nitrogen and oxygen atoms in total. The Balaban J connectivity index is 1.49. The molecule has 31 heavy (non-hydrogen) atoms. The number of para-hydroxylation sites is 1. The van der Waals surface area contributed by atoms with Gasteiger partial charge in [0.2, 0.25) is 12.2 Å². The number of hydrogen-bond acceptors (Lipinski definition) is 5. The average Bonchev–Trinajstić information content (AvgIpc) is 3.38. The van der Waals surface area contributed by atoms with Gasteiger partial charge in [-0.3, -0.25) is 4.98 Å². The second-order valence-corrected chi connectivity index (χ2v) is 7.64. The van der Waals surface area contributed by atoms with Crippen LogP contribution in [-0.4, -0.2) is 36.1 Å².